The zero-order chi connectivity index (χ0) is 14.3. The SMILES string of the molecule is N#Cc1ccc(S(=O)(=O)NC2C(N)C3CCOC32)cc1. The zero-order valence-electron chi connectivity index (χ0n) is 10.7. The fraction of sp³-hybridized carbons (Fsp3) is 0.462. The van der Waals surface area contributed by atoms with Gasteiger partial charge in [0.05, 0.1) is 28.7 Å². The lowest BCUT2D eigenvalue weighted by Crippen LogP contribution is -2.68. The molecule has 0 bridgehead atoms. The first-order valence-corrected chi connectivity index (χ1v) is 7.91. The Kier molecular flexibility index (Phi) is 3.26. The summed E-state index contributed by atoms with van der Waals surface area (Å²) in [4.78, 5) is 0.130. The van der Waals surface area contributed by atoms with E-state index in [0.29, 0.717) is 12.2 Å². The fourth-order valence-electron chi connectivity index (χ4n) is 2.85. The van der Waals surface area contributed by atoms with E-state index in [9.17, 15) is 8.42 Å². The maximum Gasteiger partial charge on any atom is 0.240 e. The Morgan fingerprint density at radius 2 is 2.05 bits per heavy atom. The van der Waals surface area contributed by atoms with Crippen LogP contribution < -0.4 is 10.5 Å². The number of fused-ring (bicyclic) bond motifs is 1. The van der Waals surface area contributed by atoms with Gasteiger partial charge in [-0.1, -0.05) is 0 Å². The molecule has 0 spiro atoms. The number of nitrogens with two attached hydrogens (primary N) is 1. The molecule has 3 rings (SSSR count). The number of nitrogens with one attached hydrogen (secondary N) is 1. The number of ether oxygens (including phenoxy) is 1. The lowest BCUT2D eigenvalue weighted by atomic mass is 9.73. The molecule has 7 heteroatoms. The molecule has 1 heterocycles. The average Bonchev–Trinajstić information content (AvgIpc) is 2.90. The molecule has 1 saturated carbocycles. The van der Waals surface area contributed by atoms with Crippen molar-refractivity contribution in [2.45, 2.75) is 29.5 Å². The summed E-state index contributed by atoms with van der Waals surface area (Å²) in [6.07, 6.45) is 0.777. The third-order valence-electron chi connectivity index (χ3n) is 4.03. The highest BCUT2D eigenvalue weighted by Gasteiger charge is 2.53. The van der Waals surface area contributed by atoms with Gasteiger partial charge in [0, 0.05) is 18.6 Å². The number of nitrogens with zero attached hydrogens (tertiary/aromatic N) is 1. The van der Waals surface area contributed by atoms with Crippen molar-refractivity contribution in [3.63, 3.8) is 0 Å². The first kappa shape index (κ1) is 13.5. The number of nitriles is 1. The molecular formula is C13H15N3O3S. The molecule has 20 heavy (non-hydrogen) atoms. The van der Waals surface area contributed by atoms with Crippen molar-refractivity contribution in [1.29, 1.82) is 5.26 Å². The lowest BCUT2D eigenvalue weighted by Gasteiger charge is -2.45. The number of rotatable bonds is 3. The van der Waals surface area contributed by atoms with Gasteiger partial charge in [-0.05, 0) is 30.7 Å². The van der Waals surface area contributed by atoms with Crippen molar-refractivity contribution in [2.24, 2.45) is 11.7 Å². The standard InChI is InChI=1S/C13H15N3O3S/c14-7-8-1-3-9(4-2-8)20(17,18)16-12-11(15)10-5-6-19-13(10)12/h1-4,10-13,16H,5-6,15H2. The van der Waals surface area contributed by atoms with E-state index in [1.807, 2.05) is 6.07 Å². The van der Waals surface area contributed by atoms with Crippen molar-refractivity contribution in [3.8, 4) is 6.07 Å². The third-order valence-corrected chi connectivity index (χ3v) is 5.51. The summed E-state index contributed by atoms with van der Waals surface area (Å²) in [6.45, 7) is 0.637. The molecule has 6 nitrogen and oxygen atoms in total. The fourth-order valence-corrected chi connectivity index (χ4v) is 4.13. The molecule has 1 aliphatic heterocycles. The van der Waals surface area contributed by atoms with Crippen molar-refractivity contribution in [3.05, 3.63) is 29.8 Å². The second kappa shape index (κ2) is 4.82. The van der Waals surface area contributed by atoms with E-state index in [4.69, 9.17) is 15.7 Å². The summed E-state index contributed by atoms with van der Waals surface area (Å²) < 4.78 is 32.6. The Labute approximate surface area is 117 Å². The van der Waals surface area contributed by atoms with Crippen LogP contribution in [0, 0.1) is 17.2 Å². The minimum atomic E-state index is -3.64. The first-order valence-electron chi connectivity index (χ1n) is 6.42. The molecule has 4 atom stereocenters. The number of hydrogen-bond donors (Lipinski definition) is 2. The maximum absolute atomic E-state index is 12.3. The average molecular weight is 293 g/mol. The van der Waals surface area contributed by atoms with Crippen molar-refractivity contribution in [1.82, 2.24) is 4.72 Å². The lowest BCUT2D eigenvalue weighted by molar-refractivity contribution is -0.00924. The van der Waals surface area contributed by atoms with Gasteiger partial charge < -0.3 is 10.5 Å². The first-order chi connectivity index (χ1) is 9.53. The van der Waals surface area contributed by atoms with E-state index < -0.39 is 10.0 Å². The second-order valence-electron chi connectivity index (χ2n) is 5.15. The molecule has 2 fully saturated rings. The van der Waals surface area contributed by atoms with E-state index in [2.05, 4.69) is 4.72 Å². The monoisotopic (exact) mass is 293 g/mol. The Morgan fingerprint density at radius 3 is 2.70 bits per heavy atom. The van der Waals surface area contributed by atoms with E-state index in [0.717, 1.165) is 6.42 Å². The highest BCUT2D eigenvalue weighted by molar-refractivity contribution is 7.89. The molecule has 0 radical (unpaired) electrons. The van der Waals surface area contributed by atoms with Gasteiger partial charge in [-0.3, -0.25) is 0 Å². The normalized spacial score (nSPS) is 32.2. The van der Waals surface area contributed by atoms with Gasteiger partial charge in [-0.2, -0.15) is 5.26 Å². The van der Waals surface area contributed by atoms with Gasteiger partial charge in [0.15, 0.2) is 0 Å². The van der Waals surface area contributed by atoms with Gasteiger partial charge >= 0.3 is 0 Å². The van der Waals surface area contributed by atoms with Crippen LogP contribution in [0.1, 0.15) is 12.0 Å². The van der Waals surface area contributed by atoms with Crippen LogP contribution in [0.25, 0.3) is 0 Å². The molecule has 1 aromatic carbocycles. The molecule has 1 aliphatic carbocycles. The molecule has 1 saturated heterocycles. The molecule has 2 aliphatic rings. The predicted molar refractivity (Wildman–Crippen MR) is 71.1 cm³/mol. The molecular weight excluding hydrogens is 278 g/mol. The number of sulfonamides is 1. The summed E-state index contributed by atoms with van der Waals surface area (Å²) >= 11 is 0. The Hall–Kier alpha value is -1.46. The van der Waals surface area contributed by atoms with E-state index in [-0.39, 0.29) is 29.0 Å². The Balaban J connectivity index is 1.77. The molecule has 1 aromatic rings. The van der Waals surface area contributed by atoms with Crippen molar-refractivity contribution in [2.75, 3.05) is 6.61 Å². The summed E-state index contributed by atoms with van der Waals surface area (Å²) in [5.41, 5.74) is 6.41. The predicted octanol–water partition coefficient (Wildman–Crippen LogP) is -0.0488. The smallest absolute Gasteiger partial charge is 0.240 e. The topological polar surface area (TPSA) is 105 Å². The highest BCUT2D eigenvalue weighted by atomic mass is 32.2. The highest BCUT2D eigenvalue weighted by Crippen LogP contribution is 2.38. The van der Waals surface area contributed by atoms with Gasteiger partial charge in [0.2, 0.25) is 10.0 Å². The van der Waals surface area contributed by atoms with Gasteiger partial charge in [0.25, 0.3) is 0 Å². The molecule has 0 amide bonds. The van der Waals surface area contributed by atoms with E-state index in [1.165, 1.54) is 24.3 Å². The van der Waals surface area contributed by atoms with Crippen molar-refractivity contribution >= 4 is 10.0 Å². The molecule has 0 aromatic heterocycles. The van der Waals surface area contributed by atoms with Gasteiger partial charge in [-0.25, -0.2) is 13.1 Å². The molecule has 106 valence electrons. The van der Waals surface area contributed by atoms with Crippen LogP contribution in [-0.4, -0.2) is 33.2 Å². The summed E-state index contributed by atoms with van der Waals surface area (Å²) in [5, 5.41) is 8.71. The number of benzene rings is 1. The number of hydrogen-bond acceptors (Lipinski definition) is 5. The molecule has 4 unspecified atom stereocenters. The minimum absolute atomic E-state index is 0.113. The van der Waals surface area contributed by atoms with Crippen LogP contribution in [0.3, 0.4) is 0 Å². The van der Waals surface area contributed by atoms with Gasteiger partial charge in [-0.15, -0.1) is 0 Å². The summed E-state index contributed by atoms with van der Waals surface area (Å²) in [7, 11) is -3.64. The Bertz CT molecular complexity index is 650. The third kappa shape index (κ3) is 2.11. The van der Waals surface area contributed by atoms with Crippen LogP contribution in [0.4, 0.5) is 0 Å². The van der Waals surface area contributed by atoms with Crippen LogP contribution >= 0.6 is 0 Å². The minimum Gasteiger partial charge on any atom is -0.376 e. The Morgan fingerprint density at radius 1 is 1.35 bits per heavy atom. The molecule has 3 N–H and O–H groups in total. The van der Waals surface area contributed by atoms with E-state index >= 15 is 0 Å². The zero-order valence-corrected chi connectivity index (χ0v) is 11.5. The largest absolute Gasteiger partial charge is 0.376 e. The van der Waals surface area contributed by atoms with Crippen LogP contribution in [-0.2, 0) is 14.8 Å². The van der Waals surface area contributed by atoms with Crippen LogP contribution in [0.15, 0.2) is 29.2 Å². The van der Waals surface area contributed by atoms with Gasteiger partial charge in [0.1, 0.15) is 0 Å². The quantitative estimate of drug-likeness (QED) is 0.813. The summed E-state index contributed by atoms with van der Waals surface area (Å²) in [6, 6.07) is 7.16. The van der Waals surface area contributed by atoms with Crippen LogP contribution in [0.5, 0.6) is 0 Å². The summed E-state index contributed by atoms with van der Waals surface area (Å²) in [5.74, 6) is 0.253. The van der Waals surface area contributed by atoms with E-state index in [1.54, 1.807) is 0 Å². The maximum atomic E-state index is 12.3. The van der Waals surface area contributed by atoms with Crippen LogP contribution in [0.2, 0.25) is 0 Å². The van der Waals surface area contributed by atoms with Crippen molar-refractivity contribution < 1.29 is 13.2 Å². The second-order valence-corrected chi connectivity index (χ2v) is 6.86.